The lowest BCUT2D eigenvalue weighted by Crippen LogP contribution is -2.34. The summed E-state index contributed by atoms with van der Waals surface area (Å²) in [5.41, 5.74) is 0.379. The predicted molar refractivity (Wildman–Crippen MR) is 88.1 cm³/mol. The zero-order valence-electron chi connectivity index (χ0n) is 14.7. The summed E-state index contributed by atoms with van der Waals surface area (Å²) in [4.78, 5) is 11.1. The number of carbonyl (C=O) groups is 1. The Labute approximate surface area is 135 Å². The first kappa shape index (κ1) is 21.3. The average Bonchev–Trinajstić information content (AvgIpc) is 2.43. The number of likely N-dealkylation sites (N-methyl/N-ethyl adjacent to an activating group) is 1. The number of hydrogen-bond donors (Lipinski definition) is 2. The van der Waals surface area contributed by atoms with E-state index < -0.39 is 0 Å². The van der Waals surface area contributed by atoms with Crippen LogP contribution in [-0.4, -0.2) is 65.7 Å². The Morgan fingerprint density at radius 2 is 1.45 bits per heavy atom. The molecule has 6 heteroatoms. The third kappa shape index (κ3) is 17.4. The van der Waals surface area contributed by atoms with Crippen molar-refractivity contribution in [3.8, 4) is 0 Å². The molecule has 2 N–H and O–H groups in total. The van der Waals surface area contributed by atoms with E-state index in [0.717, 1.165) is 13.0 Å². The number of hydrogen-bond acceptors (Lipinski definition) is 5. The lowest BCUT2D eigenvalue weighted by atomic mass is 9.91. The second-order valence-electron chi connectivity index (χ2n) is 6.38. The number of amides is 1. The molecule has 0 aromatic heterocycles. The van der Waals surface area contributed by atoms with E-state index in [9.17, 15) is 4.79 Å². The van der Waals surface area contributed by atoms with Crippen LogP contribution in [0.5, 0.6) is 0 Å². The van der Waals surface area contributed by atoms with E-state index in [1.54, 1.807) is 7.05 Å². The largest absolute Gasteiger partial charge is 0.379 e. The van der Waals surface area contributed by atoms with Gasteiger partial charge in [-0.2, -0.15) is 0 Å². The Bertz CT molecular complexity index is 267. The molecule has 0 aromatic rings. The molecule has 0 heterocycles. The van der Waals surface area contributed by atoms with E-state index in [-0.39, 0.29) is 5.91 Å². The monoisotopic (exact) mass is 318 g/mol. The fraction of sp³-hybridized carbons (Fsp3) is 0.938. The third-order valence-electron chi connectivity index (χ3n) is 2.87. The highest BCUT2D eigenvalue weighted by atomic mass is 16.5. The molecule has 0 radical (unpaired) electrons. The van der Waals surface area contributed by atoms with Crippen LogP contribution in [0.2, 0.25) is 0 Å². The maximum atomic E-state index is 11.1. The van der Waals surface area contributed by atoms with Gasteiger partial charge < -0.3 is 24.8 Å². The highest BCUT2D eigenvalue weighted by Crippen LogP contribution is 2.20. The summed E-state index contributed by atoms with van der Waals surface area (Å²) < 4.78 is 16.2. The van der Waals surface area contributed by atoms with Gasteiger partial charge in [0.15, 0.2) is 0 Å². The first-order valence-electron chi connectivity index (χ1n) is 8.10. The predicted octanol–water partition coefficient (Wildman–Crippen LogP) is 1.20. The van der Waals surface area contributed by atoms with Gasteiger partial charge in [-0.05, 0) is 25.3 Å². The van der Waals surface area contributed by atoms with Crippen molar-refractivity contribution in [3.05, 3.63) is 0 Å². The molecule has 0 rings (SSSR count). The molecule has 0 atom stereocenters. The van der Waals surface area contributed by atoms with Crippen molar-refractivity contribution in [2.24, 2.45) is 5.41 Å². The van der Waals surface area contributed by atoms with Gasteiger partial charge in [-0.3, -0.25) is 4.79 Å². The molecule has 0 spiro atoms. The summed E-state index contributed by atoms with van der Waals surface area (Å²) in [5.74, 6) is -0.0223. The summed E-state index contributed by atoms with van der Waals surface area (Å²) in [6, 6.07) is 0. The average molecular weight is 318 g/mol. The Morgan fingerprint density at radius 3 is 2.00 bits per heavy atom. The quantitative estimate of drug-likeness (QED) is 0.471. The molecule has 0 aliphatic heterocycles. The van der Waals surface area contributed by atoms with Crippen molar-refractivity contribution in [1.82, 2.24) is 10.6 Å². The van der Waals surface area contributed by atoms with Crippen LogP contribution in [0.4, 0.5) is 0 Å². The minimum Gasteiger partial charge on any atom is -0.379 e. The molecule has 0 bridgehead atoms. The van der Waals surface area contributed by atoms with Crippen molar-refractivity contribution < 1.29 is 19.0 Å². The summed E-state index contributed by atoms with van der Waals surface area (Å²) in [7, 11) is 1.74. The summed E-state index contributed by atoms with van der Waals surface area (Å²) in [5, 5.41) is 5.52. The molecule has 0 aliphatic carbocycles. The zero-order chi connectivity index (χ0) is 16.7. The SMILES string of the molecule is CNCC(=O)NCCOCCOCCOCCCC(C)(C)C. The van der Waals surface area contributed by atoms with Gasteiger partial charge in [-0.15, -0.1) is 0 Å². The standard InChI is InChI=1S/C16H34N2O4/c1-16(2,3)6-5-8-20-10-12-22-13-11-21-9-7-18-15(19)14-17-4/h17H,5-14H2,1-4H3,(H,18,19). The van der Waals surface area contributed by atoms with Gasteiger partial charge in [-0.1, -0.05) is 20.8 Å². The first-order valence-corrected chi connectivity index (χ1v) is 8.10. The number of carbonyl (C=O) groups excluding carboxylic acids is 1. The van der Waals surface area contributed by atoms with E-state index in [2.05, 4.69) is 31.4 Å². The van der Waals surface area contributed by atoms with Gasteiger partial charge in [0.05, 0.1) is 39.6 Å². The Kier molecular flexibility index (Phi) is 13.5. The number of rotatable bonds is 14. The molecule has 6 nitrogen and oxygen atoms in total. The number of nitrogens with one attached hydrogen (secondary N) is 2. The van der Waals surface area contributed by atoms with Gasteiger partial charge in [0, 0.05) is 13.2 Å². The van der Waals surface area contributed by atoms with E-state index in [0.29, 0.717) is 51.5 Å². The van der Waals surface area contributed by atoms with Crippen molar-refractivity contribution in [2.45, 2.75) is 33.6 Å². The summed E-state index contributed by atoms with van der Waals surface area (Å²) in [6.07, 6.45) is 2.26. The fourth-order valence-corrected chi connectivity index (χ4v) is 1.73. The van der Waals surface area contributed by atoms with Crippen LogP contribution in [0, 0.1) is 5.41 Å². The molecule has 0 saturated heterocycles. The molecule has 0 unspecified atom stereocenters. The van der Waals surface area contributed by atoms with Gasteiger partial charge in [0.25, 0.3) is 0 Å². The van der Waals surface area contributed by atoms with E-state index in [1.807, 2.05) is 0 Å². The van der Waals surface area contributed by atoms with Crippen LogP contribution < -0.4 is 10.6 Å². The van der Waals surface area contributed by atoms with Crippen molar-refractivity contribution in [1.29, 1.82) is 0 Å². The number of ether oxygens (including phenoxy) is 3. The normalized spacial score (nSPS) is 11.6. The third-order valence-corrected chi connectivity index (χ3v) is 2.87. The van der Waals surface area contributed by atoms with Crippen LogP contribution in [0.3, 0.4) is 0 Å². The van der Waals surface area contributed by atoms with E-state index >= 15 is 0 Å². The maximum absolute atomic E-state index is 11.1. The van der Waals surface area contributed by atoms with E-state index in [4.69, 9.17) is 14.2 Å². The van der Waals surface area contributed by atoms with Gasteiger partial charge in [0.2, 0.25) is 5.91 Å². The molecular weight excluding hydrogens is 284 g/mol. The Morgan fingerprint density at radius 1 is 0.909 bits per heavy atom. The smallest absolute Gasteiger partial charge is 0.234 e. The van der Waals surface area contributed by atoms with Crippen LogP contribution in [0.15, 0.2) is 0 Å². The second kappa shape index (κ2) is 13.9. The van der Waals surface area contributed by atoms with Crippen LogP contribution in [0.25, 0.3) is 0 Å². The highest BCUT2D eigenvalue weighted by molar-refractivity contribution is 5.77. The Balaban J connectivity index is 3.10. The second-order valence-corrected chi connectivity index (χ2v) is 6.38. The molecule has 132 valence electrons. The molecule has 0 aliphatic rings. The van der Waals surface area contributed by atoms with Crippen molar-refractivity contribution in [3.63, 3.8) is 0 Å². The lowest BCUT2D eigenvalue weighted by Gasteiger charge is -2.17. The molecular formula is C16H34N2O4. The van der Waals surface area contributed by atoms with Gasteiger partial charge in [0.1, 0.15) is 0 Å². The fourth-order valence-electron chi connectivity index (χ4n) is 1.73. The lowest BCUT2D eigenvalue weighted by molar-refractivity contribution is -0.120. The minimum absolute atomic E-state index is 0.0223. The molecule has 0 aromatic carbocycles. The van der Waals surface area contributed by atoms with Crippen molar-refractivity contribution >= 4 is 5.91 Å². The van der Waals surface area contributed by atoms with Crippen molar-refractivity contribution in [2.75, 3.05) is 59.8 Å². The van der Waals surface area contributed by atoms with Gasteiger partial charge >= 0.3 is 0 Å². The van der Waals surface area contributed by atoms with Crippen LogP contribution >= 0.6 is 0 Å². The summed E-state index contributed by atoms with van der Waals surface area (Å²) >= 11 is 0. The van der Waals surface area contributed by atoms with Crippen LogP contribution in [0.1, 0.15) is 33.6 Å². The zero-order valence-corrected chi connectivity index (χ0v) is 14.7. The van der Waals surface area contributed by atoms with E-state index in [1.165, 1.54) is 6.42 Å². The molecule has 1 amide bonds. The summed E-state index contributed by atoms with van der Waals surface area (Å²) in [6.45, 7) is 11.2. The van der Waals surface area contributed by atoms with Gasteiger partial charge in [-0.25, -0.2) is 0 Å². The molecule has 0 saturated carbocycles. The van der Waals surface area contributed by atoms with Crippen LogP contribution in [-0.2, 0) is 19.0 Å². The minimum atomic E-state index is -0.0223. The molecule has 22 heavy (non-hydrogen) atoms. The maximum Gasteiger partial charge on any atom is 0.234 e. The topological polar surface area (TPSA) is 68.8 Å². The molecule has 0 fully saturated rings. The Hall–Kier alpha value is -0.690. The first-order chi connectivity index (χ1) is 10.5. The highest BCUT2D eigenvalue weighted by Gasteiger charge is 2.08.